The monoisotopic (exact) mass is 320 g/mol. The maximum atomic E-state index is 12.8. The highest BCUT2D eigenvalue weighted by molar-refractivity contribution is 7.90. The number of benzene rings is 1. The van der Waals surface area contributed by atoms with Crippen molar-refractivity contribution in [2.75, 3.05) is 0 Å². The van der Waals surface area contributed by atoms with Gasteiger partial charge in [-0.05, 0) is 37.6 Å². The van der Waals surface area contributed by atoms with Crippen molar-refractivity contribution in [2.24, 2.45) is 0 Å². The average Bonchev–Trinajstić information content (AvgIpc) is 2.79. The van der Waals surface area contributed by atoms with Gasteiger partial charge in [-0.1, -0.05) is 29.3 Å². The highest BCUT2D eigenvalue weighted by atomic mass is 35.5. The molecule has 0 unspecified atom stereocenters. The Labute approximate surface area is 128 Å². The number of pyridine rings is 1. The van der Waals surface area contributed by atoms with Crippen LogP contribution in [0.4, 0.5) is 0 Å². The maximum absolute atomic E-state index is 12.8. The zero-order chi connectivity index (χ0) is 15.2. The first kappa shape index (κ1) is 14.1. The van der Waals surface area contributed by atoms with Crippen LogP contribution in [0.25, 0.3) is 11.0 Å². The van der Waals surface area contributed by atoms with E-state index in [1.165, 1.54) is 10.2 Å². The van der Waals surface area contributed by atoms with E-state index < -0.39 is 10.0 Å². The SMILES string of the molecule is Cc1ccc(S(=O)(=O)n2cc(C)c3c(Cl)ccnc32)cc1. The second kappa shape index (κ2) is 4.86. The van der Waals surface area contributed by atoms with E-state index in [4.69, 9.17) is 11.6 Å². The number of aromatic nitrogens is 2. The van der Waals surface area contributed by atoms with Crippen molar-refractivity contribution in [1.29, 1.82) is 0 Å². The van der Waals surface area contributed by atoms with Gasteiger partial charge in [-0.25, -0.2) is 17.4 Å². The lowest BCUT2D eigenvalue weighted by molar-refractivity contribution is 0.588. The van der Waals surface area contributed by atoms with E-state index in [2.05, 4.69) is 4.98 Å². The third-order valence-electron chi connectivity index (χ3n) is 3.37. The summed E-state index contributed by atoms with van der Waals surface area (Å²) in [5.74, 6) is 0. The van der Waals surface area contributed by atoms with E-state index in [-0.39, 0.29) is 4.90 Å². The second-order valence-corrected chi connectivity index (χ2v) is 7.14. The molecule has 0 fully saturated rings. The van der Waals surface area contributed by atoms with Crippen molar-refractivity contribution in [3.63, 3.8) is 0 Å². The van der Waals surface area contributed by atoms with Gasteiger partial charge in [-0.2, -0.15) is 0 Å². The molecule has 0 radical (unpaired) electrons. The van der Waals surface area contributed by atoms with Gasteiger partial charge in [0.2, 0.25) is 0 Å². The Balaban J connectivity index is 2.29. The number of hydrogen-bond acceptors (Lipinski definition) is 3. The molecule has 0 saturated carbocycles. The Kier molecular flexibility index (Phi) is 3.26. The molecule has 6 heteroatoms. The Morgan fingerprint density at radius 2 is 1.76 bits per heavy atom. The fourth-order valence-corrected chi connectivity index (χ4v) is 3.93. The summed E-state index contributed by atoms with van der Waals surface area (Å²) in [5, 5.41) is 1.16. The Bertz CT molecular complexity index is 928. The predicted octanol–water partition coefficient (Wildman–Crippen LogP) is 3.54. The standard InChI is InChI=1S/C15H13ClN2O2S/c1-10-3-5-12(6-4-10)21(19,20)18-9-11(2)14-13(16)7-8-17-15(14)18/h3-9H,1-2H3. The molecule has 0 atom stereocenters. The van der Waals surface area contributed by atoms with E-state index in [9.17, 15) is 8.42 Å². The van der Waals surface area contributed by atoms with Crippen molar-refractivity contribution in [2.45, 2.75) is 18.7 Å². The van der Waals surface area contributed by atoms with E-state index in [1.54, 1.807) is 36.5 Å². The van der Waals surface area contributed by atoms with Crippen molar-refractivity contribution < 1.29 is 8.42 Å². The first-order valence-electron chi connectivity index (χ1n) is 6.35. The van der Waals surface area contributed by atoms with Crippen molar-refractivity contribution in [3.05, 3.63) is 58.9 Å². The van der Waals surface area contributed by atoms with E-state index in [0.29, 0.717) is 16.1 Å². The van der Waals surface area contributed by atoms with Gasteiger partial charge in [0.15, 0.2) is 5.65 Å². The highest BCUT2D eigenvalue weighted by Gasteiger charge is 2.21. The molecule has 0 aliphatic heterocycles. The molecular formula is C15H13ClN2O2S. The molecule has 1 aromatic carbocycles. The molecule has 4 nitrogen and oxygen atoms in total. The number of fused-ring (bicyclic) bond motifs is 1. The minimum absolute atomic E-state index is 0.228. The summed E-state index contributed by atoms with van der Waals surface area (Å²) in [6.07, 6.45) is 3.06. The number of rotatable bonds is 2. The van der Waals surface area contributed by atoms with Gasteiger partial charge < -0.3 is 0 Å². The molecule has 0 bridgehead atoms. The van der Waals surface area contributed by atoms with Gasteiger partial charge in [0.25, 0.3) is 10.0 Å². The van der Waals surface area contributed by atoms with Crippen LogP contribution in [0.2, 0.25) is 5.02 Å². The zero-order valence-corrected chi connectivity index (χ0v) is 13.1. The summed E-state index contributed by atoms with van der Waals surface area (Å²) in [7, 11) is -3.68. The molecule has 0 saturated heterocycles. The fourth-order valence-electron chi connectivity index (χ4n) is 2.27. The van der Waals surface area contributed by atoms with Crippen LogP contribution < -0.4 is 0 Å². The molecule has 0 amide bonds. The zero-order valence-electron chi connectivity index (χ0n) is 11.5. The Morgan fingerprint density at radius 1 is 1.10 bits per heavy atom. The molecule has 2 heterocycles. The highest BCUT2D eigenvalue weighted by Crippen LogP contribution is 2.29. The van der Waals surface area contributed by atoms with Crippen LogP contribution >= 0.6 is 11.6 Å². The lowest BCUT2D eigenvalue weighted by atomic mass is 10.2. The largest absolute Gasteiger partial charge is 0.269 e. The third-order valence-corrected chi connectivity index (χ3v) is 5.35. The van der Waals surface area contributed by atoms with Crippen LogP contribution in [0.1, 0.15) is 11.1 Å². The van der Waals surface area contributed by atoms with Crippen LogP contribution in [0, 0.1) is 13.8 Å². The Morgan fingerprint density at radius 3 is 2.43 bits per heavy atom. The van der Waals surface area contributed by atoms with Crippen LogP contribution in [0.3, 0.4) is 0 Å². The lowest BCUT2D eigenvalue weighted by Crippen LogP contribution is -2.12. The fraction of sp³-hybridized carbons (Fsp3) is 0.133. The topological polar surface area (TPSA) is 52.0 Å². The Hall–Kier alpha value is -1.85. The van der Waals surface area contributed by atoms with Gasteiger partial charge >= 0.3 is 0 Å². The van der Waals surface area contributed by atoms with Crippen LogP contribution in [0.5, 0.6) is 0 Å². The number of hydrogen-bond donors (Lipinski definition) is 0. The molecule has 0 N–H and O–H groups in total. The normalized spacial score (nSPS) is 12.0. The van der Waals surface area contributed by atoms with E-state index in [0.717, 1.165) is 11.1 Å². The smallest absolute Gasteiger partial charge is 0.237 e. The molecule has 0 aliphatic rings. The van der Waals surface area contributed by atoms with Gasteiger partial charge in [0.1, 0.15) is 0 Å². The first-order chi connectivity index (χ1) is 9.91. The van der Waals surface area contributed by atoms with E-state index >= 15 is 0 Å². The molecule has 2 aromatic heterocycles. The van der Waals surface area contributed by atoms with E-state index in [1.807, 2.05) is 13.8 Å². The van der Waals surface area contributed by atoms with Gasteiger partial charge in [-0.3, -0.25) is 0 Å². The first-order valence-corrected chi connectivity index (χ1v) is 8.17. The van der Waals surface area contributed by atoms with Gasteiger partial charge in [0.05, 0.1) is 9.92 Å². The molecule has 3 aromatic rings. The number of halogens is 1. The van der Waals surface area contributed by atoms with Crippen molar-refractivity contribution >= 4 is 32.7 Å². The van der Waals surface area contributed by atoms with Gasteiger partial charge in [0, 0.05) is 17.8 Å². The summed E-state index contributed by atoms with van der Waals surface area (Å²) in [6.45, 7) is 3.73. The van der Waals surface area contributed by atoms with Crippen LogP contribution in [-0.2, 0) is 10.0 Å². The quantitative estimate of drug-likeness (QED) is 0.725. The minimum Gasteiger partial charge on any atom is -0.237 e. The minimum atomic E-state index is -3.68. The summed E-state index contributed by atoms with van der Waals surface area (Å²) in [5.41, 5.74) is 2.13. The summed E-state index contributed by atoms with van der Waals surface area (Å²) in [4.78, 5) is 4.40. The molecule has 108 valence electrons. The number of nitrogens with zero attached hydrogens (tertiary/aromatic N) is 2. The molecule has 21 heavy (non-hydrogen) atoms. The lowest BCUT2D eigenvalue weighted by Gasteiger charge is -2.07. The molecular weight excluding hydrogens is 308 g/mol. The summed E-state index contributed by atoms with van der Waals surface area (Å²) in [6, 6.07) is 8.38. The van der Waals surface area contributed by atoms with Crippen molar-refractivity contribution in [3.8, 4) is 0 Å². The molecule has 0 spiro atoms. The third kappa shape index (κ3) is 2.22. The molecule has 3 rings (SSSR count). The predicted molar refractivity (Wildman–Crippen MR) is 83.2 cm³/mol. The van der Waals surface area contributed by atoms with Crippen LogP contribution in [-0.4, -0.2) is 17.4 Å². The molecule has 0 aliphatic carbocycles. The van der Waals surface area contributed by atoms with Gasteiger partial charge in [-0.15, -0.1) is 0 Å². The number of aryl methyl sites for hydroxylation is 2. The van der Waals surface area contributed by atoms with Crippen LogP contribution in [0.15, 0.2) is 47.6 Å². The summed E-state index contributed by atoms with van der Waals surface area (Å²) < 4.78 is 26.7. The van der Waals surface area contributed by atoms with Crippen molar-refractivity contribution in [1.82, 2.24) is 8.96 Å². The average molecular weight is 321 g/mol. The second-order valence-electron chi connectivity index (χ2n) is 4.92. The maximum Gasteiger partial charge on any atom is 0.269 e. The summed E-state index contributed by atoms with van der Waals surface area (Å²) >= 11 is 6.14.